The summed E-state index contributed by atoms with van der Waals surface area (Å²) in [6, 6.07) is 17.5. The zero-order valence-electron chi connectivity index (χ0n) is 14.2. The molecule has 1 heterocycles. The molecule has 23 heavy (non-hydrogen) atoms. The molecule has 0 fully saturated rings. The fourth-order valence-electron chi connectivity index (χ4n) is 3.32. The summed E-state index contributed by atoms with van der Waals surface area (Å²) in [6.45, 7) is 6.96. The van der Waals surface area contributed by atoms with Crippen molar-refractivity contribution in [1.29, 1.82) is 0 Å². The first-order valence-electron chi connectivity index (χ1n) is 8.86. The fourth-order valence-corrected chi connectivity index (χ4v) is 3.32. The zero-order valence-corrected chi connectivity index (χ0v) is 14.2. The molecule has 2 heteroatoms. The van der Waals surface area contributed by atoms with Gasteiger partial charge in [0.05, 0.1) is 19.5 Å². The van der Waals surface area contributed by atoms with E-state index in [1.165, 1.54) is 67.7 Å². The van der Waals surface area contributed by atoms with E-state index in [4.69, 9.17) is 0 Å². The Morgan fingerprint density at radius 2 is 1.83 bits per heavy atom. The van der Waals surface area contributed by atoms with Crippen LogP contribution in [0.25, 0.3) is 0 Å². The number of hydrogen-bond donors (Lipinski definition) is 1. The minimum atomic E-state index is 1.17. The second-order valence-electron chi connectivity index (χ2n) is 6.51. The number of fused-ring (bicyclic) bond motifs is 1. The molecule has 2 aromatic rings. The van der Waals surface area contributed by atoms with Crippen LogP contribution >= 0.6 is 0 Å². The van der Waals surface area contributed by atoms with Gasteiger partial charge in [0, 0.05) is 18.4 Å². The molecular formula is C21H28N2+2. The van der Waals surface area contributed by atoms with Gasteiger partial charge < -0.3 is 5.32 Å². The minimum absolute atomic E-state index is 1.17. The van der Waals surface area contributed by atoms with E-state index < -0.39 is 0 Å². The summed E-state index contributed by atoms with van der Waals surface area (Å²) in [5, 5.41) is 2.46. The predicted molar refractivity (Wildman–Crippen MR) is 96.5 cm³/mol. The van der Waals surface area contributed by atoms with Gasteiger partial charge in [-0.15, -0.1) is 0 Å². The van der Waals surface area contributed by atoms with Gasteiger partial charge in [-0.25, -0.2) is 4.58 Å². The van der Waals surface area contributed by atoms with Gasteiger partial charge >= 0.3 is 0 Å². The molecule has 2 aromatic carbocycles. The molecule has 0 atom stereocenters. The average molecular weight is 308 g/mol. The van der Waals surface area contributed by atoms with Crippen LogP contribution < -0.4 is 5.32 Å². The SMILES string of the molecule is Cc1ccccc1CC[NH2+]CCC[N+]1=Cc2ccccc2CC1. The molecule has 0 spiro atoms. The van der Waals surface area contributed by atoms with Crippen LogP contribution in [0.3, 0.4) is 0 Å². The molecule has 1 aliphatic heterocycles. The summed E-state index contributed by atoms with van der Waals surface area (Å²) in [5.41, 5.74) is 5.81. The summed E-state index contributed by atoms with van der Waals surface area (Å²) in [7, 11) is 0. The number of nitrogens with two attached hydrogens (primary N) is 1. The van der Waals surface area contributed by atoms with E-state index in [9.17, 15) is 0 Å². The molecule has 0 aliphatic carbocycles. The third-order valence-electron chi connectivity index (χ3n) is 4.78. The summed E-state index contributed by atoms with van der Waals surface area (Å²) in [6.07, 6.45) is 5.96. The summed E-state index contributed by atoms with van der Waals surface area (Å²) >= 11 is 0. The fraction of sp³-hybridized carbons (Fsp3) is 0.381. The number of rotatable bonds is 7. The van der Waals surface area contributed by atoms with Crippen LogP contribution in [-0.2, 0) is 12.8 Å². The predicted octanol–water partition coefficient (Wildman–Crippen LogP) is 2.18. The Morgan fingerprint density at radius 3 is 2.74 bits per heavy atom. The van der Waals surface area contributed by atoms with E-state index >= 15 is 0 Å². The normalized spacial score (nSPS) is 13.5. The topological polar surface area (TPSA) is 19.6 Å². The van der Waals surface area contributed by atoms with Crippen molar-refractivity contribution in [2.75, 3.05) is 26.2 Å². The standard InChI is InChI=1S/C21H27N2/c1-18-7-2-3-8-19(18)11-14-22-13-6-15-23-16-12-20-9-4-5-10-21(20)17-23/h2-5,7-10,17,22H,6,11-16H2,1H3/q+1/p+1. The Balaban J connectivity index is 1.36. The van der Waals surface area contributed by atoms with E-state index in [0.29, 0.717) is 0 Å². The second kappa shape index (κ2) is 8.07. The first-order valence-corrected chi connectivity index (χ1v) is 8.86. The average Bonchev–Trinajstić information content (AvgIpc) is 2.59. The lowest BCUT2D eigenvalue weighted by atomic mass is 10.0. The Morgan fingerprint density at radius 1 is 1.00 bits per heavy atom. The zero-order chi connectivity index (χ0) is 15.9. The smallest absolute Gasteiger partial charge is 0.170 e. The van der Waals surface area contributed by atoms with E-state index in [2.05, 4.69) is 71.6 Å². The van der Waals surface area contributed by atoms with Crippen molar-refractivity contribution in [1.82, 2.24) is 0 Å². The second-order valence-corrected chi connectivity index (χ2v) is 6.51. The van der Waals surface area contributed by atoms with E-state index in [0.717, 1.165) is 0 Å². The molecule has 120 valence electrons. The summed E-state index contributed by atoms with van der Waals surface area (Å²) in [4.78, 5) is 0. The van der Waals surface area contributed by atoms with Gasteiger partial charge in [-0.3, -0.25) is 0 Å². The van der Waals surface area contributed by atoms with Gasteiger partial charge in [-0.2, -0.15) is 0 Å². The molecule has 3 rings (SSSR count). The van der Waals surface area contributed by atoms with Crippen molar-refractivity contribution in [3.63, 3.8) is 0 Å². The first-order chi connectivity index (χ1) is 11.3. The van der Waals surface area contributed by atoms with Crippen molar-refractivity contribution in [2.24, 2.45) is 0 Å². The highest BCUT2D eigenvalue weighted by Gasteiger charge is 2.14. The molecule has 1 aliphatic rings. The highest BCUT2D eigenvalue weighted by atomic mass is 15.0. The molecule has 2 N–H and O–H groups in total. The highest BCUT2D eigenvalue weighted by Crippen LogP contribution is 2.11. The van der Waals surface area contributed by atoms with Crippen LogP contribution in [0.15, 0.2) is 48.5 Å². The van der Waals surface area contributed by atoms with Gasteiger partial charge in [-0.05, 0) is 29.7 Å². The molecular weight excluding hydrogens is 280 g/mol. The molecule has 2 nitrogen and oxygen atoms in total. The van der Waals surface area contributed by atoms with Crippen LogP contribution in [0.4, 0.5) is 0 Å². The molecule has 0 bridgehead atoms. The van der Waals surface area contributed by atoms with Gasteiger partial charge in [-0.1, -0.05) is 42.5 Å². The molecule has 0 unspecified atom stereocenters. The Bertz CT molecular complexity index is 673. The van der Waals surface area contributed by atoms with Gasteiger partial charge in [0.15, 0.2) is 6.21 Å². The molecule has 0 radical (unpaired) electrons. The minimum Gasteiger partial charge on any atom is -0.346 e. The van der Waals surface area contributed by atoms with Crippen molar-refractivity contribution >= 4 is 6.21 Å². The largest absolute Gasteiger partial charge is 0.346 e. The molecule has 0 aromatic heterocycles. The van der Waals surface area contributed by atoms with E-state index in [1.807, 2.05) is 0 Å². The molecule has 0 amide bonds. The maximum absolute atomic E-state index is 2.48. The summed E-state index contributed by atoms with van der Waals surface area (Å²) < 4.78 is 2.48. The third-order valence-corrected chi connectivity index (χ3v) is 4.78. The van der Waals surface area contributed by atoms with Gasteiger partial charge in [0.1, 0.15) is 13.1 Å². The lowest BCUT2D eigenvalue weighted by Crippen LogP contribution is -2.84. The quantitative estimate of drug-likeness (QED) is 0.597. The lowest BCUT2D eigenvalue weighted by molar-refractivity contribution is -0.659. The Labute approximate surface area is 139 Å². The lowest BCUT2D eigenvalue weighted by Gasteiger charge is -2.12. The highest BCUT2D eigenvalue weighted by molar-refractivity contribution is 5.78. The van der Waals surface area contributed by atoms with Crippen molar-refractivity contribution < 1.29 is 9.89 Å². The molecule has 0 saturated carbocycles. The van der Waals surface area contributed by atoms with Crippen molar-refractivity contribution in [3.05, 3.63) is 70.8 Å². The van der Waals surface area contributed by atoms with Crippen molar-refractivity contribution in [3.8, 4) is 0 Å². The number of aryl methyl sites for hydroxylation is 1. The number of benzene rings is 2. The first kappa shape index (κ1) is 15.9. The maximum atomic E-state index is 2.48. The Hall–Kier alpha value is -1.93. The third kappa shape index (κ3) is 4.52. The van der Waals surface area contributed by atoms with Crippen molar-refractivity contribution in [2.45, 2.75) is 26.2 Å². The monoisotopic (exact) mass is 308 g/mol. The van der Waals surface area contributed by atoms with Crippen LogP contribution in [0.2, 0.25) is 0 Å². The Kier molecular flexibility index (Phi) is 5.60. The number of hydrogen-bond acceptors (Lipinski definition) is 0. The number of nitrogens with zero attached hydrogens (tertiary/aromatic N) is 1. The van der Waals surface area contributed by atoms with Crippen LogP contribution in [0.5, 0.6) is 0 Å². The van der Waals surface area contributed by atoms with Crippen LogP contribution in [-0.4, -0.2) is 37.0 Å². The molecule has 0 saturated heterocycles. The maximum Gasteiger partial charge on any atom is 0.170 e. The van der Waals surface area contributed by atoms with Gasteiger partial charge in [0.2, 0.25) is 0 Å². The van der Waals surface area contributed by atoms with Gasteiger partial charge in [0.25, 0.3) is 0 Å². The van der Waals surface area contributed by atoms with Crippen LogP contribution in [0.1, 0.15) is 28.7 Å². The van der Waals surface area contributed by atoms with E-state index in [1.54, 1.807) is 0 Å². The van der Waals surface area contributed by atoms with E-state index in [-0.39, 0.29) is 0 Å². The number of quaternary nitrogens is 1. The van der Waals surface area contributed by atoms with Crippen LogP contribution in [0, 0.1) is 6.92 Å². The summed E-state index contributed by atoms with van der Waals surface area (Å²) in [5.74, 6) is 0.